The Hall–Kier alpha value is -1.82. The van der Waals surface area contributed by atoms with Gasteiger partial charge in [0.15, 0.2) is 11.5 Å². The molecule has 1 atom stereocenters. The summed E-state index contributed by atoms with van der Waals surface area (Å²) in [4.78, 5) is 12.5. The summed E-state index contributed by atoms with van der Waals surface area (Å²) in [6.07, 6.45) is 2.12. The van der Waals surface area contributed by atoms with Crippen LogP contribution in [0.15, 0.2) is 18.2 Å². The van der Waals surface area contributed by atoms with Gasteiger partial charge in [0.05, 0.1) is 11.0 Å². The highest BCUT2D eigenvalue weighted by molar-refractivity contribution is 7.80. The molecule has 0 bridgehead atoms. The molecule has 6 heteroatoms. The van der Waals surface area contributed by atoms with Gasteiger partial charge < -0.3 is 20.5 Å². The number of carbonyl (C=O) groups is 1. The fraction of sp³-hybridized carbons (Fsp3) is 0.385. The van der Waals surface area contributed by atoms with Crippen LogP contribution in [0.1, 0.15) is 23.2 Å². The van der Waals surface area contributed by atoms with Crippen molar-refractivity contribution in [1.82, 2.24) is 5.32 Å². The maximum atomic E-state index is 12.2. The van der Waals surface area contributed by atoms with Crippen molar-refractivity contribution >= 4 is 23.1 Å². The first-order chi connectivity index (χ1) is 9.15. The van der Waals surface area contributed by atoms with Gasteiger partial charge in [-0.05, 0) is 37.0 Å². The van der Waals surface area contributed by atoms with Crippen LogP contribution >= 0.6 is 12.2 Å². The number of benzene rings is 1. The Labute approximate surface area is 116 Å². The molecule has 1 aliphatic carbocycles. The lowest BCUT2D eigenvalue weighted by molar-refractivity contribution is 0.0943. The second kappa shape index (κ2) is 4.70. The van der Waals surface area contributed by atoms with Gasteiger partial charge in [-0.3, -0.25) is 4.79 Å². The van der Waals surface area contributed by atoms with Crippen molar-refractivity contribution in [3.8, 4) is 11.5 Å². The zero-order valence-corrected chi connectivity index (χ0v) is 11.0. The third-order valence-electron chi connectivity index (χ3n) is 3.32. The minimum Gasteiger partial charge on any atom is -0.454 e. The molecule has 0 saturated heterocycles. The van der Waals surface area contributed by atoms with E-state index in [1.165, 1.54) is 0 Å². The predicted octanol–water partition coefficient (Wildman–Crippen LogP) is 1.21. The van der Waals surface area contributed by atoms with E-state index in [1.807, 2.05) is 0 Å². The van der Waals surface area contributed by atoms with Gasteiger partial charge in [0.25, 0.3) is 5.91 Å². The largest absolute Gasteiger partial charge is 0.454 e. The topological polar surface area (TPSA) is 73.6 Å². The molecule has 0 aromatic heterocycles. The maximum absolute atomic E-state index is 12.2. The number of ether oxygens (including phenoxy) is 2. The highest BCUT2D eigenvalue weighted by Crippen LogP contribution is 2.34. The molecule has 1 aromatic rings. The van der Waals surface area contributed by atoms with Crippen molar-refractivity contribution in [3.63, 3.8) is 0 Å². The van der Waals surface area contributed by atoms with Gasteiger partial charge in [-0.15, -0.1) is 0 Å². The molecule has 3 rings (SSSR count). The Bertz CT molecular complexity index is 543. The van der Waals surface area contributed by atoms with Crippen LogP contribution in [0.25, 0.3) is 0 Å². The van der Waals surface area contributed by atoms with Crippen LogP contribution in [-0.4, -0.2) is 23.7 Å². The van der Waals surface area contributed by atoms with Crippen molar-refractivity contribution in [2.24, 2.45) is 11.7 Å². The summed E-state index contributed by atoms with van der Waals surface area (Å²) < 4.78 is 10.5. The normalized spacial score (nSPS) is 17.9. The van der Waals surface area contributed by atoms with Crippen molar-refractivity contribution < 1.29 is 14.3 Å². The van der Waals surface area contributed by atoms with Gasteiger partial charge in [0.2, 0.25) is 6.79 Å². The van der Waals surface area contributed by atoms with Crippen LogP contribution in [0.5, 0.6) is 11.5 Å². The molecule has 0 spiro atoms. The van der Waals surface area contributed by atoms with Crippen LogP contribution in [0.2, 0.25) is 0 Å². The van der Waals surface area contributed by atoms with Gasteiger partial charge in [0.1, 0.15) is 0 Å². The first kappa shape index (κ1) is 12.2. The fourth-order valence-electron chi connectivity index (χ4n) is 2.11. The van der Waals surface area contributed by atoms with E-state index in [0.717, 1.165) is 12.8 Å². The van der Waals surface area contributed by atoms with Crippen molar-refractivity contribution in [1.29, 1.82) is 0 Å². The zero-order valence-electron chi connectivity index (χ0n) is 10.2. The highest BCUT2D eigenvalue weighted by Gasteiger charge is 2.34. The monoisotopic (exact) mass is 278 g/mol. The number of amides is 1. The number of thiocarbonyl (C=S) groups is 1. The summed E-state index contributed by atoms with van der Waals surface area (Å²) in [7, 11) is 0. The average Bonchev–Trinajstić information content (AvgIpc) is 3.11. The quantitative estimate of drug-likeness (QED) is 0.810. The fourth-order valence-corrected chi connectivity index (χ4v) is 2.36. The minimum absolute atomic E-state index is 0.192. The maximum Gasteiger partial charge on any atom is 0.251 e. The zero-order chi connectivity index (χ0) is 13.4. The standard InChI is InChI=1S/C13H14N2O3S/c14-12(19)11(7-1-2-7)15-13(16)8-3-4-9-10(5-8)18-6-17-9/h3-5,7,11H,1-2,6H2,(H2,14,19)(H,15,16). The van der Waals surface area contributed by atoms with Gasteiger partial charge in [-0.1, -0.05) is 12.2 Å². The Morgan fingerprint density at radius 1 is 1.37 bits per heavy atom. The van der Waals surface area contributed by atoms with Crippen molar-refractivity contribution in [3.05, 3.63) is 23.8 Å². The Kier molecular flexibility index (Phi) is 3.02. The molecule has 1 saturated carbocycles. The number of carbonyl (C=O) groups excluding carboxylic acids is 1. The average molecular weight is 278 g/mol. The summed E-state index contributed by atoms with van der Waals surface area (Å²) in [5, 5.41) is 2.88. The molecule has 19 heavy (non-hydrogen) atoms. The molecule has 0 radical (unpaired) electrons. The number of hydrogen-bond donors (Lipinski definition) is 2. The molecule has 2 aliphatic rings. The second-order valence-electron chi connectivity index (χ2n) is 4.76. The lowest BCUT2D eigenvalue weighted by Crippen LogP contribution is -2.45. The number of fused-ring (bicyclic) bond motifs is 1. The smallest absolute Gasteiger partial charge is 0.251 e. The third-order valence-corrected chi connectivity index (χ3v) is 3.58. The summed E-state index contributed by atoms with van der Waals surface area (Å²) in [5.41, 5.74) is 6.19. The van der Waals surface area contributed by atoms with Gasteiger partial charge in [-0.25, -0.2) is 0 Å². The van der Waals surface area contributed by atoms with Gasteiger partial charge in [0, 0.05) is 5.56 Å². The SMILES string of the molecule is NC(=S)C(NC(=O)c1ccc2c(c1)OCO2)C1CC1. The molecule has 1 amide bonds. The van der Waals surface area contributed by atoms with E-state index in [2.05, 4.69) is 5.32 Å². The van der Waals surface area contributed by atoms with Crippen molar-refractivity contribution in [2.45, 2.75) is 18.9 Å². The number of rotatable bonds is 4. The summed E-state index contributed by atoms with van der Waals surface area (Å²) in [6, 6.07) is 4.88. The highest BCUT2D eigenvalue weighted by atomic mass is 32.1. The van der Waals surface area contributed by atoms with E-state index < -0.39 is 0 Å². The lowest BCUT2D eigenvalue weighted by atomic mass is 10.1. The molecule has 1 unspecified atom stereocenters. The van der Waals surface area contributed by atoms with E-state index in [9.17, 15) is 4.79 Å². The Morgan fingerprint density at radius 2 is 2.11 bits per heavy atom. The first-order valence-corrected chi connectivity index (χ1v) is 6.56. The van der Waals surface area contributed by atoms with Crippen LogP contribution in [-0.2, 0) is 0 Å². The Morgan fingerprint density at radius 3 is 2.79 bits per heavy atom. The number of hydrogen-bond acceptors (Lipinski definition) is 4. The predicted molar refractivity (Wildman–Crippen MR) is 73.3 cm³/mol. The van der Waals surface area contributed by atoms with Gasteiger partial charge >= 0.3 is 0 Å². The lowest BCUT2D eigenvalue weighted by Gasteiger charge is -2.16. The second-order valence-corrected chi connectivity index (χ2v) is 5.23. The van der Waals surface area contributed by atoms with E-state index in [4.69, 9.17) is 27.4 Å². The molecule has 3 N–H and O–H groups in total. The first-order valence-electron chi connectivity index (χ1n) is 6.15. The third kappa shape index (κ3) is 2.49. The van der Waals surface area contributed by atoms with E-state index >= 15 is 0 Å². The number of nitrogens with one attached hydrogen (secondary N) is 1. The van der Waals surface area contributed by atoms with E-state index in [1.54, 1.807) is 18.2 Å². The van der Waals surface area contributed by atoms with Crippen molar-refractivity contribution in [2.75, 3.05) is 6.79 Å². The number of nitrogens with two attached hydrogens (primary N) is 1. The Balaban J connectivity index is 1.74. The minimum atomic E-state index is -0.215. The van der Waals surface area contributed by atoms with Crippen LogP contribution in [0, 0.1) is 5.92 Å². The summed E-state index contributed by atoms with van der Waals surface area (Å²) in [5.74, 6) is 1.44. The molecule has 1 heterocycles. The molecule has 1 aliphatic heterocycles. The molecule has 1 fully saturated rings. The molecule has 5 nitrogen and oxygen atoms in total. The molecule has 100 valence electrons. The summed E-state index contributed by atoms with van der Waals surface area (Å²) in [6.45, 7) is 0.192. The van der Waals surface area contributed by atoms with E-state index in [-0.39, 0.29) is 18.7 Å². The summed E-state index contributed by atoms with van der Waals surface area (Å²) >= 11 is 5.00. The van der Waals surface area contributed by atoms with Crippen LogP contribution < -0.4 is 20.5 Å². The molecular formula is C13H14N2O3S. The van der Waals surface area contributed by atoms with Crippen LogP contribution in [0.3, 0.4) is 0 Å². The molecular weight excluding hydrogens is 264 g/mol. The van der Waals surface area contributed by atoms with Gasteiger partial charge in [-0.2, -0.15) is 0 Å². The van der Waals surface area contributed by atoms with Crippen LogP contribution in [0.4, 0.5) is 0 Å². The van der Waals surface area contributed by atoms with E-state index in [0.29, 0.717) is 28.0 Å². The molecule has 1 aromatic carbocycles.